The molecule has 0 heterocycles. The minimum atomic E-state index is -2.44. The summed E-state index contributed by atoms with van der Waals surface area (Å²) in [5.41, 5.74) is -0.461. The number of rotatable bonds is 3. The van der Waals surface area contributed by atoms with Crippen molar-refractivity contribution in [3.05, 3.63) is 89.3 Å². The van der Waals surface area contributed by atoms with E-state index in [9.17, 15) is 26.3 Å². The van der Waals surface area contributed by atoms with Crippen LogP contribution in [0, 0.1) is 28.8 Å². The Morgan fingerprint density at radius 3 is 1.71 bits per heavy atom. The van der Waals surface area contributed by atoms with Gasteiger partial charge >= 0.3 is 6.08 Å². The third kappa shape index (κ3) is 3.62. The summed E-state index contributed by atoms with van der Waals surface area (Å²) in [7, 11) is 0. The summed E-state index contributed by atoms with van der Waals surface area (Å²) in [5, 5.41) is 8.69. The summed E-state index contributed by atoms with van der Waals surface area (Å²) in [5.74, 6) is -4.64. The first-order valence-electron chi connectivity index (χ1n) is 7.82. The minimum absolute atomic E-state index is 0.0842. The maximum atomic E-state index is 14.5. The predicted molar refractivity (Wildman–Crippen MR) is 92.1 cm³/mol. The third-order valence-corrected chi connectivity index (χ3v) is 4.07. The number of halogens is 6. The van der Waals surface area contributed by atoms with Crippen LogP contribution >= 0.6 is 0 Å². The normalized spacial score (nSPS) is 10.5. The topological polar surface area (TPSA) is 23.8 Å². The molecular formula is C21H9F6N. The Hall–Kier alpha value is -3.53. The first kappa shape index (κ1) is 19.2. The van der Waals surface area contributed by atoms with Crippen LogP contribution in [0.5, 0.6) is 0 Å². The smallest absolute Gasteiger partial charge is 0.206 e. The first-order chi connectivity index (χ1) is 13.3. The van der Waals surface area contributed by atoms with Crippen LogP contribution in [-0.4, -0.2) is 0 Å². The average Bonchev–Trinajstić information content (AvgIpc) is 2.67. The van der Waals surface area contributed by atoms with Gasteiger partial charge in [0.15, 0.2) is 5.83 Å². The molecular weight excluding hydrogens is 380 g/mol. The number of benzene rings is 3. The molecule has 0 atom stereocenters. The van der Waals surface area contributed by atoms with Gasteiger partial charge in [0.2, 0.25) is 0 Å². The molecule has 0 aliphatic carbocycles. The lowest BCUT2D eigenvalue weighted by Gasteiger charge is -2.09. The van der Waals surface area contributed by atoms with Gasteiger partial charge in [-0.05, 0) is 34.9 Å². The minimum Gasteiger partial charge on any atom is -0.206 e. The Labute approximate surface area is 155 Å². The lowest BCUT2D eigenvalue weighted by Crippen LogP contribution is -1.94. The van der Waals surface area contributed by atoms with E-state index in [1.807, 2.05) is 0 Å². The number of hydrogen-bond donors (Lipinski definition) is 0. The van der Waals surface area contributed by atoms with E-state index in [0.717, 1.165) is 30.3 Å². The molecule has 0 radical (unpaired) electrons. The molecule has 0 fully saturated rings. The van der Waals surface area contributed by atoms with Crippen LogP contribution in [0.4, 0.5) is 26.3 Å². The zero-order chi connectivity index (χ0) is 20.4. The monoisotopic (exact) mass is 389 g/mol. The Morgan fingerprint density at radius 1 is 0.679 bits per heavy atom. The van der Waals surface area contributed by atoms with Crippen molar-refractivity contribution < 1.29 is 26.3 Å². The van der Waals surface area contributed by atoms with Gasteiger partial charge in [0, 0.05) is 11.1 Å². The van der Waals surface area contributed by atoms with Crippen LogP contribution in [0.2, 0.25) is 0 Å². The molecule has 3 aromatic rings. The van der Waals surface area contributed by atoms with Crippen molar-refractivity contribution in [2.24, 2.45) is 0 Å². The van der Waals surface area contributed by atoms with Crippen molar-refractivity contribution >= 4 is 5.83 Å². The fraction of sp³-hybridized carbons (Fsp3) is 0. The van der Waals surface area contributed by atoms with E-state index in [1.54, 1.807) is 0 Å². The van der Waals surface area contributed by atoms with Crippen LogP contribution in [0.15, 0.2) is 60.7 Å². The van der Waals surface area contributed by atoms with E-state index >= 15 is 0 Å². The van der Waals surface area contributed by atoms with Crippen LogP contribution in [0.25, 0.3) is 28.1 Å². The molecule has 1 nitrogen and oxygen atoms in total. The molecule has 0 aliphatic rings. The Balaban J connectivity index is 1.98. The van der Waals surface area contributed by atoms with E-state index in [0.29, 0.717) is 11.1 Å². The highest BCUT2D eigenvalue weighted by Crippen LogP contribution is 2.31. The highest BCUT2D eigenvalue weighted by Gasteiger charge is 2.15. The Kier molecular flexibility index (Phi) is 5.23. The molecule has 0 saturated carbocycles. The van der Waals surface area contributed by atoms with Crippen molar-refractivity contribution in [3.8, 4) is 28.3 Å². The molecule has 7 heteroatoms. The van der Waals surface area contributed by atoms with Crippen molar-refractivity contribution in [2.45, 2.75) is 0 Å². The summed E-state index contributed by atoms with van der Waals surface area (Å²) in [4.78, 5) is 0. The molecule has 0 N–H and O–H groups in total. The Bertz CT molecular complexity index is 1100. The maximum absolute atomic E-state index is 14.5. The van der Waals surface area contributed by atoms with Crippen molar-refractivity contribution in [1.82, 2.24) is 0 Å². The predicted octanol–water partition coefficient (Wildman–Crippen LogP) is 6.84. The lowest BCUT2D eigenvalue weighted by atomic mass is 9.98. The quantitative estimate of drug-likeness (QED) is 0.450. The number of hydrogen-bond acceptors (Lipinski definition) is 1. The fourth-order valence-electron chi connectivity index (χ4n) is 2.68. The zero-order valence-electron chi connectivity index (χ0n) is 13.9. The molecule has 28 heavy (non-hydrogen) atoms. The molecule has 0 aliphatic heterocycles. The van der Waals surface area contributed by atoms with Gasteiger partial charge in [0.05, 0.1) is 0 Å². The van der Waals surface area contributed by atoms with Gasteiger partial charge in [-0.15, -0.1) is 0 Å². The standard InChI is InChI=1S/C21H9F6N/c22-17-7-13(11-1-3-12(4-2-11)20(25)21(26)27)5-6-15(17)14-8-18(23)16(10-28)19(24)9-14/h1-9H. The first-order valence-corrected chi connectivity index (χ1v) is 7.82. The molecule has 140 valence electrons. The van der Waals surface area contributed by atoms with Crippen molar-refractivity contribution in [3.63, 3.8) is 0 Å². The molecule has 0 saturated heterocycles. The third-order valence-electron chi connectivity index (χ3n) is 4.07. The second kappa shape index (κ2) is 7.61. The van der Waals surface area contributed by atoms with Gasteiger partial charge in [0.25, 0.3) is 0 Å². The van der Waals surface area contributed by atoms with E-state index in [4.69, 9.17) is 5.26 Å². The van der Waals surface area contributed by atoms with E-state index < -0.39 is 34.9 Å². The lowest BCUT2D eigenvalue weighted by molar-refractivity contribution is 0.410. The molecule has 0 amide bonds. The van der Waals surface area contributed by atoms with Crippen molar-refractivity contribution in [1.29, 1.82) is 5.26 Å². The van der Waals surface area contributed by atoms with E-state index in [-0.39, 0.29) is 16.7 Å². The summed E-state index contributed by atoms with van der Waals surface area (Å²) in [6.45, 7) is 0. The van der Waals surface area contributed by atoms with Gasteiger partial charge in [-0.1, -0.05) is 36.4 Å². The zero-order valence-corrected chi connectivity index (χ0v) is 13.9. The van der Waals surface area contributed by atoms with E-state index in [2.05, 4.69) is 0 Å². The molecule has 0 bridgehead atoms. The number of nitrogens with zero attached hydrogens (tertiary/aromatic N) is 1. The van der Waals surface area contributed by atoms with Gasteiger partial charge in [0.1, 0.15) is 29.1 Å². The Morgan fingerprint density at radius 2 is 1.21 bits per heavy atom. The van der Waals surface area contributed by atoms with Gasteiger partial charge in [-0.2, -0.15) is 14.0 Å². The SMILES string of the molecule is N#Cc1c(F)cc(-c2ccc(-c3ccc(C(F)=C(F)F)cc3)cc2F)cc1F. The van der Waals surface area contributed by atoms with Crippen LogP contribution < -0.4 is 0 Å². The van der Waals surface area contributed by atoms with Crippen LogP contribution in [-0.2, 0) is 0 Å². The van der Waals surface area contributed by atoms with Crippen LogP contribution in [0.3, 0.4) is 0 Å². The molecule has 0 unspecified atom stereocenters. The largest absolute Gasteiger partial charge is 0.306 e. The van der Waals surface area contributed by atoms with Crippen LogP contribution in [0.1, 0.15) is 11.1 Å². The molecule has 0 aromatic heterocycles. The second-order valence-corrected chi connectivity index (χ2v) is 5.77. The molecule has 3 rings (SSSR count). The highest BCUT2D eigenvalue weighted by atomic mass is 19.3. The molecule has 3 aromatic carbocycles. The number of nitriles is 1. The summed E-state index contributed by atoms with van der Waals surface area (Å²) in [6.07, 6.45) is -2.44. The average molecular weight is 389 g/mol. The summed E-state index contributed by atoms with van der Waals surface area (Å²) >= 11 is 0. The van der Waals surface area contributed by atoms with E-state index in [1.165, 1.54) is 30.3 Å². The maximum Gasteiger partial charge on any atom is 0.306 e. The second-order valence-electron chi connectivity index (χ2n) is 5.77. The molecule has 0 spiro atoms. The van der Waals surface area contributed by atoms with Gasteiger partial charge < -0.3 is 0 Å². The summed E-state index contributed by atoms with van der Waals surface area (Å²) in [6, 6.07) is 11.9. The summed E-state index contributed by atoms with van der Waals surface area (Å²) < 4.78 is 79.8. The van der Waals surface area contributed by atoms with Gasteiger partial charge in [-0.3, -0.25) is 0 Å². The van der Waals surface area contributed by atoms with Gasteiger partial charge in [-0.25, -0.2) is 17.6 Å². The van der Waals surface area contributed by atoms with Crippen molar-refractivity contribution in [2.75, 3.05) is 0 Å². The highest BCUT2D eigenvalue weighted by molar-refractivity contribution is 5.73. The fourth-order valence-corrected chi connectivity index (χ4v) is 2.68.